The molecule has 0 saturated carbocycles. The maximum absolute atomic E-state index is 13.2. The van der Waals surface area contributed by atoms with Gasteiger partial charge in [-0.3, -0.25) is 19.0 Å². The smallest absolute Gasteiger partial charge is 0.291 e. The Morgan fingerprint density at radius 3 is 2.52 bits per heavy atom. The van der Waals surface area contributed by atoms with E-state index in [0.717, 1.165) is 0 Å². The van der Waals surface area contributed by atoms with Crippen molar-refractivity contribution >= 4 is 29.1 Å². The van der Waals surface area contributed by atoms with E-state index in [4.69, 9.17) is 21.8 Å². The zero-order chi connectivity index (χ0) is 22.9. The molecule has 0 aromatic carbocycles. The average molecular weight is 463 g/mol. The lowest BCUT2D eigenvalue weighted by Gasteiger charge is -2.05. The summed E-state index contributed by atoms with van der Waals surface area (Å²) in [5.74, 6) is -1.88. The fraction of sp³-hybridized carbons (Fsp3) is 0.294. The van der Waals surface area contributed by atoms with Crippen molar-refractivity contribution in [2.75, 3.05) is 5.32 Å². The number of hydrogen-bond donors (Lipinski definition) is 2. The summed E-state index contributed by atoms with van der Waals surface area (Å²) in [4.78, 5) is 23.9. The van der Waals surface area contributed by atoms with Gasteiger partial charge < -0.3 is 15.5 Å². The van der Waals surface area contributed by atoms with Gasteiger partial charge in [0, 0.05) is 12.7 Å². The zero-order valence-corrected chi connectivity index (χ0v) is 16.5. The number of amides is 2. The van der Waals surface area contributed by atoms with Gasteiger partial charge in [0.15, 0.2) is 11.5 Å². The first-order valence-corrected chi connectivity index (χ1v) is 9.09. The lowest BCUT2D eigenvalue weighted by molar-refractivity contribution is 0.0994. The maximum atomic E-state index is 13.2. The standard InChI is InChI=1S/C17H15ClF4N6O3/c1-2-27-6-8(11(25-27)16(23)29)24-17(30)9-4-3-7(31-9)5-28-13(15(21)22)10(18)12(26-28)14(19)20/h3-4,6,14-15H,2,5H2,1H3,(H2,23,29)(H,24,30). The quantitative estimate of drug-likeness (QED) is 0.495. The van der Waals surface area contributed by atoms with Crippen LogP contribution in [0.3, 0.4) is 0 Å². The highest BCUT2D eigenvalue weighted by molar-refractivity contribution is 6.32. The minimum absolute atomic E-state index is 0.0218. The molecule has 3 rings (SSSR count). The number of hydrogen-bond acceptors (Lipinski definition) is 5. The third kappa shape index (κ3) is 4.55. The lowest BCUT2D eigenvalue weighted by atomic mass is 10.3. The first-order chi connectivity index (χ1) is 14.6. The van der Waals surface area contributed by atoms with Gasteiger partial charge in [-0.2, -0.15) is 10.2 Å². The van der Waals surface area contributed by atoms with Crippen LogP contribution in [0.2, 0.25) is 5.02 Å². The van der Waals surface area contributed by atoms with Gasteiger partial charge >= 0.3 is 0 Å². The summed E-state index contributed by atoms with van der Waals surface area (Å²) in [5.41, 5.74) is 3.26. The molecule has 0 aliphatic heterocycles. The third-order valence-corrected chi connectivity index (χ3v) is 4.52. The average Bonchev–Trinajstić information content (AvgIpc) is 3.39. The van der Waals surface area contributed by atoms with Gasteiger partial charge in [0.25, 0.3) is 24.7 Å². The Balaban J connectivity index is 1.81. The third-order valence-electron chi connectivity index (χ3n) is 4.13. The number of nitrogens with zero attached hydrogens (tertiary/aromatic N) is 4. The molecule has 2 amide bonds. The van der Waals surface area contributed by atoms with Crippen LogP contribution in [0.5, 0.6) is 0 Å². The van der Waals surface area contributed by atoms with E-state index in [1.54, 1.807) is 6.92 Å². The molecular formula is C17H15ClF4N6O3. The SMILES string of the molecule is CCn1cc(NC(=O)c2ccc(Cn3nc(C(F)F)c(Cl)c3C(F)F)o2)c(C(N)=O)n1. The molecule has 0 radical (unpaired) electrons. The van der Waals surface area contributed by atoms with E-state index < -0.39 is 47.6 Å². The van der Waals surface area contributed by atoms with Crippen LogP contribution in [-0.4, -0.2) is 31.4 Å². The minimum atomic E-state index is -3.16. The van der Waals surface area contributed by atoms with Crippen molar-refractivity contribution in [3.63, 3.8) is 0 Å². The number of halogens is 5. The molecule has 0 saturated heterocycles. The van der Waals surface area contributed by atoms with Crippen LogP contribution >= 0.6 is 11.6 Å². The molecule has 3 aromatic rings. The highest BCUT2D eigenvalue weighted by Gasteiger charge is 2.28. The number of aromatic nitrogens is 4. The van der Waals surface area contributed by atoms with Gasteiger partial charge in [-0.1, -0.05) is 11.6 Å². The van der Waals surface area contributed by atoms with Gasteiger partial charge in [-0.25, -0.2) is 17.6 Å². The molecular weight excluding hydrogens is 448 g/mol. The summed E-state index contributed by atoms with van der Waals surface area (Å²) >= 11 is 5.60. The molecule has 0 aliphatic carbocycles. The Bertz CT molecular complexity index is 1120. The predicted octanol–water partition coefficient (Wildman–Crippen LogP) is 3.62. The Hall–Kier alpha value is -3.35. The normalized spacial score (nSPS) is 11.5. The number of anilines is 1. The zero-order valence-electron chi connectivity index (χ0n) is 15.8. The van der Waals surface area contributed by atoms with Crippen LogP contribution in [0.15, 0.2) is 22.7 Å². The van der Waals surface area contributed by atoms with Crippen LogP contribution in [0, 0.1) is 0 Å². The second-order valence-electron chi connectivity index (χ2n) is 6.17. The fourth-order valence-corrected chi connectivity index (χ4v) is 3.01. The van der Waals surface area contributed by atoms with Crippen LogP contribution in [0.1, 0.15) is 58.0 Å². The Labute approximate surface area is 176 Å². The molecule has 166 valence electrons. The first kappa shape index (κ1) is 22.3. The number of aryl methyl sites for hydroxylation is 1. The summed E-state index contributed by atoms with van der Waals surface area (Å²) in [6, 6.07) is 2.52. The maximum Gasteiger partial charge on any atom is 0.291 e. The van der Waals surface area contributed by atoms with E-state index in [2.05, 4.69) is 15.5 Å². The van der Waals surface area contributed by atoms with Crippen molar-refractivity contribution in [1.82, 2.24) is 19.6 Å². The molecule has 31 heavy (non-hydrogen) atoms. The second kappa shape index (κ2) is 8.79. The van der Waals surface area contributed by atoms with Crippen molar-refractivity contribution in [2.24, 2.45) is 5.73 Å². The molecule has 0 atom stereocenters. The highest BCUT2D eigenvalue weighted by Crippen LogP contribution is 2.35. The topological polar surface area (TPSA) is 121 Å². The number of rotatable bonds is 8. The molecule has 9 nitrogen and oxygen atoms in total. The first-order valence-electron chi connectivity index (χ1n) is 8.72. The van der Waals surface area contributed by atoms with Crippen molar-refractivity contribution in [3.8, 4) is 0 Å². The number of carbonyl (C=O) groups is 2. The number of alkyl halides is 4. The highest BCUT2D eigenvalue weighted by atomic mass is 35.5. The van der Waals surface area contributed by atoms with Crippen molar-refractivity contribution in [1.29, 1.82) is 0 Å². The molecule has 3 heterocycles. The lowest BCUT2D eigenvalue weighted by Crippen LogP contribution is -2.17. The summed E-state index contributed by atoms with van der Waals surface area (Å²) in [6.07, 6.45) is -4.91. The predicted molar refractivity (Wildman–Crippen MR) is 99.3 cm³/mol. The van der Waals surface area contributed by atoms with Gasteiger partial charge in [0.05, 0.1) is 17.3 Å². The summed E-state index contributed by atoms with van der Waals surface area (Å²) in [7, 11) is 0. The van der Waals surface area contributed by atoms with Crippen molar-refractivity contribution in [3.05, 3.63) is 52.0 Å². The Morgan fingerprint density at radius 1 is 1.23 bits per heavy atom. The minimum Gasteiger partial charge on any atom is -0.454 e. The molecule has 3 N–H and O–H groups in total. The van der Waals surface area contributed by atoms with E-state index in [9.17, 15) is 27.2 Å². The van der Waals surface area contributed by atoms with Crippen LogP contribution in [0.25, 0.3) is 0 Å². The van der Waals surface area contributed by atoms with E-state index >= 15 is 0 Å². The van der Waals surface area contributed by atoms with Gasteiger partial charge in [-0.05, 0) is 19.1 Å². The molecule has 14 heteroatoms. The summed E-state index contributed by atoms with van der Waals surface area (Å²) in [6.45, 7) is 1.71. The number of nitrogens with two attached hydrogens (primary N) is 1. The Morgan fingerprint density at radius 2 is 1.94 bits per heavy atom. The molecule has 0 bridgehead atoms. The van der Waals surface area contributed by atoms with Crippen LogP contribution in [0.4, 0.5) is 23.2 Å². The molecule has 0 aliphatic rings. The number of primary amides is 1. The van der Waals surface area contributed by atoms with Crippen LogP contribution in [-0.2, 0) is 13.1 Å². The van der Waals surface area contributed by atoms with E-state index in [0.29, 0.717) is 11.2 Å². The summed E-state index contributed by atoms with van der Waals surface area (Å²) in [5, 5.41) is 8.94. The number of nitrogens with one attached hydrogen (secondary N) is 1. The molecule has 0 spiro atoms. The summed E-state index contributed by atoms with van der Waals surface area (Å²) < 4.78 is 59.6. The van der Waals surface area contributed by atoms with E-state index in [1.165, 1.54) is 23.0 Å². The van der Waals surface area contributed by atoms with Crippen LogP contribution < -0.4 is 11.1 Å². The number of carbonyl (C=O) groups excluding carboxylic acids is 2. The Kier molecular flexibility index (Phi) is 6.34. The van der Waals surface area contributed by atoms with Crippen molar-refractivity contribution in [2.45, 2.75) is 32.9 Å². The monoisotopic (exact) mass is 462 g/mol. The van der Waals surface area contributed by atoms with Crippen molar-refractivity contribution < 1.29 is 31.6 Å². The molecule has 0 fully saturated rings. The van der Waals surface area contributed by atoms with Gasteiger partial charge in [-0.15, -0.1) is 0 Å². The van der Waals surface area contributed by atoms with Gasteiger partial charge in [0.2, 0.25) is 0 Å². The number of furan rings is 1. The second-order valence-corrected chi connectivity index (χ2v) is 6.55. The van der Waals surface area contributed by atoms with E-state index in [-0.39, 0.29) is 22.9 Å². The van der Waals surface area contributed by atoms with E-state index in [1.807, 2.05) is 0 Å². The largest absolute Gasteiger partial charge is 0.454 e. The fourth-order valence-electron chi connectivity index (χ4n) is 2.71. The van der Waals surface area contributed by atoms with Gasteiger partial charge in [0.1, 0.15) is 17.1 Å². The molecule has 3 aromatic heterocycles. The molecule has 0 unspecified atom stereocenters.